The van der Waals surface area contributed by atoms with E-state index in [1.165, 1.54) is 0 Å². The van der Waals surface area contributed by atoms with Gasteiger partial charge in [0.2, 0.25) is 0 Å². The topological polar surface area (TPSA) is 148 Å². The van der Waals surface area contributed by atoms with Crippen LogP contribution in [-0.2, 0) is 9.30 Å². The first kappa shape index (κ1) is 14.9. The molecule has 8 nitrogen and oxygen atoms in total. The van der Waals surface area contributed by atoms with Crippen LogP contribution in [0.3, 0.4) is 0 Å². The van der Waals surface area contributed by atoms with E-state index in [1.807, 2.05) is 0 Å². The van der Waals surface area contributed by atoms with Gasteiger partial charge in [-0.1, -0.05) is 0 Å². The van der Waals surface area contributed by atoms with E-state index in [9.17, 15) is 4.57 Å². The van der Waals surface area contributed by atoms with E-state index >= 15 is 0 Å². The minimum absolute atomic E-state index is 0.552. The van der Waals surface area contributed by atoms with Gasteiger partial charge in [-0.3, -0.25) is 4.57 Å². The summed E-state index contributed by atoms with van der Waals surface area (Å²) in [5, 5.41) is 34.8. The van der Waals surface area contributed by atoms with Gasteiger partial charge in [0, 0.05) is 0 Å². The highest BCUT2D eigenvalue weighted by molar-refractivity contribution is 7.52. The van der Waals surface area contributed by atoms with Gasteiger partial charge in [0.1, 0.15) is 12.2 Å². The smallest absolute Gasteiger partial charge is 0.356 e. The van der Waals surface area contributed by atoms with E-state index < -0.39 is 45.5 Å². The Balaban J connectivity index is 4.34. The lowest BCUT2D eigenvalue weighted by Crippen LogP contribution is -2.35. The Kier molecular flexibility index (Phi) is 6.49. The third-order valence-corrected chi connectivity index (χ3v) is 2.67. The molecule has 0 saturated carbocycles. The van der Waals surface area contributed by atoms with Crippen molar-refractivity contribution in [3.63, 3.8) is 0 Å². The van der Waals surface area contributed by atoms with Gasteiger partial charge in [0.15, 0.2) is 5.85 Å². The Morgan fingerprint density at radius 2 is 1.67 bits per heavy atom. The minimum atomic E-state index is -4.74. The molecule has 0 aromatic rings. The molecule has 2 unspecified atom stereocenters. The monoisotopic (exact) mass is 246 g/mol. The van der Waals surface area contributed by atoms with Crippen LogP contribution in [-0.4, -0.2) is 68.1 Å². The van der Waals surface area contributed by atoms with E-state index in [-0.39, 0.29) is 0 Å². The summed E-state index contributed by atoms with van der Waals surface area (Å²) in [6, 6.07) is 0. The van der Waals surface area contributed by atoms with Gasteiger partial charge < -0.3 is 34.9 Å². The van der Waals surface area contributed by atoms with Crippen LogP contribution in [0.25, 0.3) is 0 Å². The summed E-state index contributed by atoms with van der Waals surface area (Å²) in [6.45, 7) is -2.07. The minimum Gasteiger partial charge on any atom is -0.394 e. The maximum Gasteiger partial charge on any atom is 0.356 e. The molecule has 0 aromatic carbocycles. The molecule has 9 heteroatoms. The lowest BCUT2D eigenvalue weighted by Gasteiger charge is -2.23. The SMILES string of the molecule is O=P(O)(O)C(OC[C@@H](O)CO)C(O)CO. The Labute approximate surface area is 85.9 Å². The predicted molar refractivity (Wildman–Crippen MR) is 48.0 cm³/mol. The number of aliphatic hydroxyl groups excluding tert-OH is 4. The first-order chi connectivity index (χ1) is 6.82. The van der Waals surface area contributed by atoms with Crippen LogP contribution in [0.15, 0.2) is 0 Å². The molecule has 0 rings (SSSR count). The van der Waals surface area contributed by atoms with Crippen LogP contribution < -0.4 is 0 Å². The molecule has 0 bridgehead atoms. The lowest BCUT2D eigenvalue weighted by atomic mass is 10.4. The van der Waals surface area contributed by atoms with Crippen LogP contribution in [0.5, 0.6) is 0 Å². The summed E-state index contributed by atoms with van der Waals surface area (Å²) in [5.74, 6) is -1.91. The highest BCUT2D eigenvalue weighted by atomic mass is 31.2. The summed E-state index contributed by atoms with van der Waals surface area (Å²) in [4.78, 5) is 17.5. The van der Waals surface area contributed by atoms with E-state index in [4.69, 9.17) is 30.2 Å². The van der Waals surface area contributed by atoms with E-state index in [2.05, 4.69) is 4.74 Å². The molecule has 15 heavy (non-hydrogen) atoms. The van der Waals surface area contributed by atoms with Crippen LogP contribution in [0, 0.1) is 0 Å². The summed E-state index contributed by atoms with van der Waals surface area (Å²) in [5.41, 5.74) is 0. The van der Waals surface area contributed by atoms with Crippen LogP contribution >= 0.6 is 7.60 Å². The van der Waals surface area contributed by atoms with Crippen molar-refractivity contribution in [2.24, 2.45) is 0 Å². The molecular formula is C6H15O8P. The fraction of sp³-hybridized carbons (Fsp3) is 1.00. The van der Waals surface area contributed by atoms with Gasteiger partial charge >= 0.3 is 7.60 Å². The summed E-state index contributed by atoms with van der Waals surface area (Å²) in [6.07, 6.45) is -3.05. The van der Waals surface area contributed by atoms with Crippen LogP contribution in [0.4, 0.5) is 0 Å². The predicted octanol–water partition coefficient (Wildman–Crippen LogP) is -2.79. The Morgan fingerprint density at radius 3 is 2.00 bits per heavy atom. The third kappa shape index (κ3) is 5.55. The molecule has 0 amide bonds. The molecule has 0 spiro atoms. The standard InChI is InChI=1S/C6H15O8P/c7-1-4(9)3-14-6(5(10)2-8)15(11,12)13/h4-10H,1-3H2,(H2,11,12,13)/t4-,5?,6?/m0/s1. The van der Waals surface area contributed by atoms with E-state index in [0.29, 0.717) is 0 Å². The number of aliphatic hydroxyl groups is 4. The van der Waals surface area contributed by atoms with E-state index in [1.54, 1.807) is 0 Å². The number of hydrogen-bond acceptors (Lipinski definition) is 6. The molecular weight excluding hydrogens is 231 g/mol. The first-order valence-electron chi connectivity index (χ1n) is 4.07. The van der Waals surface area contributed by atoms with Crippen LogP contribution in [0.2, 0.25) is 0 Å². The number of hydrogen-bond donors (Lipinski definition) is 6. The zero-order valence-corrected chi connectivity index (χ0v) is 8.69. The van der Waals surface area contributed by atoms with Crippen molar-refractivity contribution in [2.75, 3.05) is 19.8 Å². The zero-order valence-electron chi connectivity index (χ0n) is 7.80. The van der Waals surface area contributed by atoms with Crippen molar-refractivity contribution < 1.29 is 39.5 Å². The van der Waals surface area contributed by atoms with Crippen molar-refractivity contribution in [1.29, 1.82) is 0 Å². The molecule has 0 aromatic heterocycles. The molecule has 0 fully saturated rings. The highest BCUT2D eigenvalue weighted by Crippen LogP contribution is 2.43. The Hall–Kier alpha value is -0.0500. The molecule has 0 saturated heterocycles. The summed E-state index contributed by atoms with van der Waals surface area (Å²) >= 11 is 0. The zero-order chi connectivity index (χ0) is 12.1. The fourth-order valence-electron chi connectivity index (χ4n) is 0.785. The lowest BCUT2D eigenvalue weighted by molar-refractivity contribution is -0.0624. The molecule has 6 N–H and O–H groups in total. The van der Waals surface area contributed by atoms with Gasteiger partial charge in [0.05, 0.1) is 19.8 Å². The summed E-state index contributed by atoms with van der Waals surface area (Å²) in [7, 11) is -4.74. The second-order valence-corrected chi connectivity index (χ2v) is 4.59. The largest absolute Gasteiger partial charge is 0.394 e. The molecule has 0 aliphatic heterocycles. The summed E-state index contributed by atoms with van der Waals surface area (Å²) < 4.78 is 15.3. The van der Waals surface area contributed by atoms with Crippen molar-refractivity contribution in [3.05, 3.63) is 0 Å². The number of ether oxygens (including phenoxy) is 1. The maximum absolute atomic E-state index is 10.8. The quantitative estimate of drug-likeness (QED) is 0.264. The molecule has 92 valence electrons. The van der Waals surface area contributed by atoms with Gasteiger partial charge in [-0.25, -0.2) is 0 Å². The number of rotatable bonds is 7. The maximum atomic E-state index is 10.8. The average molecular weight is 246 g/mol. The molecule has 0 aliphatic carbocycles. The normalized spacial score (nSPS) is 18.5. The van der Waals surface area contributed by atoms with E-state index in [0.717, 1.165) is 0 Å². The fourth-order valence-corrected chi connectivity index (χ4v) is 1.61. The highest BCUT2D eigenvalue weighted by Gasteiger charge is 2.36. The molecule has 0 heterocycles. The second kappa shape index (κ2) is 6.51. The average Bonchev–Trinajstić information content (AvgIpc) is 2.15. The Morgan fingerprint density at radius 1 is 1.13 bits per heavy atom. The van der Waals surface area contributed by atoms with Crippen molar-refractivity contribution in [3.8, 4) is 0 Å². The van der Waals surface area contributed by atoms with Crippen molar-refractivity contribution >= 4 is 7.60 Å². The Bertz CT molecular complexity index is 215. The van der Waals surface area contributed by atoms with Crippen LogP contribution in [0.1, 0.15) is 0 Å². The molecule has 3 atom stereocenters. The molecule has 0 aliphatic rings. The molecule has 0 radical (unpaired) electrons. The third-order valence-electron chi connectivity index (χ3n) is 1.52. The van der Waals surface area contributed by atoms with Gasteiger partial charge in [-0.05, 0) is 0 Å². The van der Waals surface area contributed by atoms with Crippen molar-refractivity contribution in [1.82, 2.24) is 0 Å². The first-order valence-corrected chi connectivity index (χ1v) is 5.75. The van der Waals surface area contributed by atoms with Gasteiger partial charge in [-0.15, -0.1) is 0 Å². The second-order valence-electron chi connectivity index (χ2n) is 2.90. The van der Waals surface area contributed by atoms with Gasteiger partial charge in [-0.2, -0.15) is 0 Å². The van der Waals surface area contributed by atoms with Gasteiger partial charge in [0.25, 0.3) is 0 Å². The van der Waals surface area contributed by atoms with Crippen molar-refractivity contribution in [2.45, 2.75) is 18.1 Å².